The maximum absolute atomic E-state index is 12.0. The van der Waals surface area contributed by atoms with Gasteiger partial charge in [0.15, 0.2) is 0 Å². The minimum Gasteiger partial charge on any atom is -0.466 e. The molecule has 2 saturated carbocycles. The summed E-state index contributed by atoms with van der Waals surface area (Å²) in [7, 11) is 1.43. The maximum atomic E-state index is 12.0. The number of hydrogen-bond acceptors (Lipinski definition) is 3. The Morgan fingerprint density at radius 2 is 2.09 bits per heavy atom. The highest BCUT2D eigenvalue weighted by atomic mass is 16.5. The first-order valence-electron chi connectivity index (χ1n) is 9.09. The molecule has 3 aliphatic carbocycles. The number of carbonyl (C=O) groups excluding carboxylic acids is 1. The number of rotatable bonds is 2. The molecule has 0 aromatic carbocycles. The highest BCUT2D eigenvalue weighted by Gasteiger charge is 2.59. The van der Waals surface area contributed by atoms with Crippen LogP contribution in [0.3, 0.4) is 0 Å². The molecule has 3 rings (SSSR count). The monoisotopic (exact) mass is 316 g/mol. The molecular weight excluding hydrogens is 288 g/mol. The first-order valence-corrected chi connectivity index (χ1v) is 9.09. The standard InChI is InChI=1S/C20H28O3/c1-3-19-11-9-15(13-19)14-20(19,22)12-10-16-7-5-4-6-8-17(16)18(21)23-2/h15,22H,3-9,11,13-14H2,1-2H3. The summed E-state index contributed by atoms with van der Waals surface area (Å²) in [6.45, 7) is 2.17. The Hall–Kier alpha value is -1.27. The Kier molecular flexibility index (Phi) is 4.56. The largest absolute Gasteiger partial charge is 0.466 e. The summed E-state index contributed by atoms with van der Waals surface area (Å²) in [5, 5.41) is 11.2. The van der Waals surface area contributed by atoms with Crippen LogP contribution in [0.1, 0.15) is 71.1 Å². The molecule has 0 spiro atoms. The minimum atomic E-state index is -0.870. The normalized spacial score (nSPS) is 36.4. The average molecular weight is 316 g/mol. The van der Waals surface area contributed by atoms with Crippen LogP contribution in [0.25, 0.3) is 0 Å². The van der Waals surface area contributed by atoms with E-state index >= 15 is 0 Å². The fourth-order valence-electron chi connectivity index (χ4n) is 4.97. The van der Waals surface area contributed by atoms with Gasteiger partial charge in [0, 0.05) is 16.6 Å². The zero-order valence-corrected chi connectivity index (χ0v) is 14.4. The molecule has 0 aliphatic heterocycles. The van der Waals surface area contributed by atoms with Gasteiger partial charge in [-0.3, -0.25) is 0 Å². The Bertz CT molecular complexity index is 579. The lowest BCUT2D eigenvalue weighted by molar-refractivity contribution is -0.136. The van der Waals surface area contributed by atoms with Crippen LogP contribution < -0.4 is 0 Å². The molecule has 1 N–H and O–H groups in total. The average Bonchev–Trinajstić information content (AvgIpc) is 2.99. The molecular formula is C20H28O3. The van der Waals surface area contributed by atoms with Crippen LogP contribution in [0.4, 0.5) is 0 Å². The molecule has 2 bridgehead atoms. The molecule has 0 radical (unpaired) electrons. The number of ether oxygens (including phenoxy) is 1. The molecule has 0 amide bonds. The Morgan fingerprint density at radius 3 is 2.78 bits per heavy atom. The van der Waals surface area contributed by atoms with Gasteiger partial charge in [-0.2, -0.15) is 0 Å². The van der Waals surface area contributed by atoms with E-state index in [0.29, 0.717) is 5.92 Å². The molecule has 3 aliphatic rings. The van der Waals surface area contributed by atoms with Crippen LogP contribution in [-0.4, -0.2) is 23.8 Å². The summed E-state index contributed by atoms with van der Waals surface area (Å²) in [6, 6.07) is 0. The highest BCUT2D eigenvalue weighted by Crippen LogP contribution is 2.61. The zero-order chi connectivity index (χ0) is 16.5. The van der Waals surface area contributed by atoms with E-state index in [4.69, 9.17) is 4.74 Å². The third kappa shape index (κ3) is 2.83. The van der Waals surface area contributed by atoms with E-state index in [1.165, 1.54) is 13.5 Å². The summed E-state index contributed by atoms with van der Waals surface area (Å²) in [6.07, 6.45) is 9.98. The van der Waals surface area contributed by atoms with Crippen LogP contribution in [-0.2, 0) is 9.53 Å². The number of fused-ring (bicyclic) bond motifs is 2. The van der Waals surface area contributed by atoms with E-state index in [0.717, 1.165) is 68.9 Å². The summed E-state index contributed by atoms with van der Waals surface area (Å²) >= 11 is 0. The van der Waals surface area contributed by atoms with Gasteiger partial charge in [0.1, 0.15) is 5.60 Å². The van der Waals surface area contributed by atoms with Crippen molar-refractivity contribution in [2.24, 2.45) is 11.3 Å². The third-order valence-electron chi connectivity index (χ3n) is 6.42. The van der Waals surface area contributed by atoms with Crippen LogP contribution in [0.15, 0.2) is 11.1 Å². The van der Waals surface area contributed by atoms with Gasteiger partial charge in [0.05, 0.1) is 7.11 Å². The maximum Gasteiger partial charge on any atom is 0.334 e. The first-order chi connectivity index (χ1) is 11.0. The number of hydrogen-bond donors (Lipinski definition) is 1. The minimum absolute atomic E-state index is 0.0264. The van der Waals surface area contributed by atoms with Gasteiger partial charge in [0.2, 0.25) is 0 Å². The molecule has 126 valence electrons. The lowest BCUT2D eigenvalue weighted by atomic mass is 9.70. The number of aliphatic hydroxyl groups is 1. The van der Waals surface area contributed by atoms with Crippen LogP contribution in [0, 0.1) is 23.2 Å². The van der Waals surface area contributed by atoms with Gasteiger partial charge >= 0.3 is 5.97 Å². The van der Waals surface area contributed by atoms with Crippen molar-refractivity contribution < 1.29 is 14.6 Å². The van der Waals surface area contributed by atoms with E-state index in [9.17, 15) is 9.90 Å². The highest BCUT2D eigenvalue weighted by molar-refractivity contribution is 5.90. The molecule has 0 aromatic rings. The number of esters is 1. The van der Waals surface area contributed by atoms with Gasteiger partial charge in [-0.05, 0) is 63.7 Å². The van der Waals surface area contributed by atoms with Crippen molar-refractivity contribution in [2.75, 3.05) is 7.11 Å². The number of allylic oxidation sites excluding steroid dienone is 1. The number of carbonyl (C=O) groups is 1. The summed E-state index contributed by atoms with van der Waals surface area (Å²) in [5.74, 6) is 6.83. The lowest BCUT2D eigenvalue weighted by Gasteiger charge is -2.38. The second-order valence-electron chi connectivity index (χ2n) is 7.57. The van der Waals surface area contributed by atoms with Gasteiger partial charge in [-0.1, -0.05) is 25.2 Å². The van der Waals surface area contributed by atoms with E-state index in [1.807, 2.05) is 0 Å². The van der Waals surface area contributed by atoms with Crippen molar-refractivity contribution in [1.82, 2.24) is 0 Å². The van der Waals surface area contributed by atoms with Gasteiger partial charge in [0.25, 0.3) is 0 Å². The Labute approximate surface area is 139 Å². The van der Waals surface area contributed by atoms with Gasteiger partial charge < -0.3 is 9.84 Å². The fraction of sp³-hybridized carbons (Fsp3) is 0.750. The second kappa shape index (κ2) is 6.32. The molecule has 23 heavy (non-hydrogen) atoms. The molecule has 3 unspecified atom stereocenters. The van der Waals surface area contributed by atoms with Crippen molar-refractivity contribution in [3.63, 3.8) is 0 Å². The summed E-state index contributed by atoms with van der Waals surface area (Å²) in [4.78, 5) is 12.0. The quantitative estimate of drug-likeness (QED) is 0.623. The molecule has 3 nitrogen and oxygen atoms in total. The van der Waals surface area contributed by atoms with Gasteiger partial charge in [-0.15, -0.1) is 0 Å². The Balaban J connectivity index is 1.92. The Morgan fingerprint density at radius 1 is 1.30 bits per heavy atom. The predicted molar refractivity (Wildman–Crippen MR) is 89.5 cm³/mol. The van der Waals surface area contributed by atoms with Crippen molar-refractivity contribution in [3.8, 4) is 11.8 Å². The van der Waals surface area contributed by atoms with Crippen LogP contribution >= 0.6 is 0 Å². The first kappa shape index (κ1) is 16.6. The molecule has 0 aromatic heterocycles. The van der Waals surface area contributed by atoms with Crippen molar-refractivity contribution >= 4 is 5.97 Å². The smallest absolute Gasteiger partial charge is 0.334 e. The number of methoxy groups -OCH3 is 1. The predicted octanol–water partition coefficient (Wildman–Crippen LogP) is 3.75. The van der Waals surface area contributed by atoms with Gasteiger partial charge in [-0.25, -0.2) is 4.79 Å². The van der Waals surface area contributed by atoms with Crippen LogP contribution in [0.5, 0.6) is 0 Å². The summed E-state index contributed by atoms with van der Waals surface area (Å²) < 4.78 is 4.94. The summed E-state index contributed by atoms with van der Waals surface area (Å²) in [5.41, 5.74) is 0.735. The van der Waals surface area contributed by atoms with E-state index in [2.05, 4.69) is 18.8 Å². The topological polar surface area (TPSA) is 46.5 Å². The molecule has 3 heteroatoms. The van der Waals surface area contributed by atoms with Crippen molar-refractivity contribution in [1.29, 1.82) is 0 Å². The molecule has 0 heterocycles. The molecule has 3 atom stereocenters. The van der Waals surface area contributed by atoms with E-state index in [1.54, 1.807) is 0 Å². The van der Waals surface area contributed by atoms with Crippen molar-refractivity contribution in [2.45, 2.75) is 76.7 Å². The molecule has 0 saturated heterocycles. The van der Waals surface area contributed by atoms with Crippen LogP contribution in [0.2, 0.25) is 0 Å². The van der Waals surface area contributed by atoms with Crippen molar-refractivity contribution in [3.05, 3.63) is 11.1 Å². The third-order valence-corrected chi connectivity index (χ3v) is 6.42. The lowest BCUT2D eigenvalue weighted by Crippen LogP contribution is -2.43. The zero-order valence-electron chi connectivity index (χ0n) is 14.4. The van der Waals surface area contributed by atoms with E-state index in [-0.39, 0.29) is 11.4 Å². The SMILES string of the molecule is CCC12CCC(CC1(O)C#CC1=C(C(=O)OC)CCCCC1)C2. The fourth-order valence-corrected chi connectivity index (χ4v) is 4.97. The van der Waals surface area contributed by atoms with E-state index < -0.39 is 5.60 Å². The second-order valence-corrected chi connectivity index (χ2v) is 7.57. The molecule has 2 fully saturated rings.